The fraction of sp³-hybridized carbons (Fsp3) is 0.542. The molecule has 0 radical (unpaired) electrons. The van der Waals surface area contributed by atoms with Crippen molar-refractivity contribution < 1.29 is 19.1 Å². The number of carbonyl (C=O) groups excluding carboxylic acids is 3. The third kappa shape index (κ3) is 4.37. The topological polar surface area (TPSA) is 79.0 Å². The first kappa shape index (κ1) is 21.6. The summed E-state index contributed by atoms with van der Waals surface area (Å²) >= 11 is 0. The fourth-order valence-corrected chi connectivity index (χ4v) is 5.04. The lowest BCUT2D eigenvalue weighted by atomic mass is 9.94. The molecular weight excluding hydrogens is 394 g/mol. The molecule has 0 bridgehead atoms. The van der Waals surface area contributed by atoms with Crippen LogP contribution in [-0.4, -0.2) is 58.9 Å². The largest absolute Gasteiger partial charge is 0.372 e. The average molecular weight is 426 g/mol. The van der Waals surface area contributed by atoms with Crippen molar-refractivity contribution in [3.63, 3.8) is 0 Å². The standard InChI is InChI=1S/C24H31N3O4/c1-15-13-26(14-16(2)31-15)22-21(18-9-11-19(12-10-18)25-17(3)28)23(29)27(24(22)30)20-7-5-4-6-8-20/h9-12,15-16,20H,4-8,13-14H2,1-3H3,(H,25,28). The van der Waals surface area contributed by atoms with Crippen LogP contribution < -0.4 is 5.32 Å². The number of hydrogen-bond donors (Lipinski definition) is 1. The number of hydrogen-bond acceptors (Lipinski definition) is 5. The summed E-state index contributed by atoms with van der Waals surface area (Å²) in [5, 5.41) is 2.75. The second-order valence-electron chi connectivity index (χ2n) is 8.92. The maximum Gasteiger partial charge on any atom is 0.278 e. The number of imide groups is 1. The van der Waals surface area contributed by atoms with Gasteiger partial charge in [0, 0.05) is 31.7 Å². The number of nitrogens with one attached hydrogen (secondary N) is 1. The van der Waals surface area contributed by atoms with Crippen LogP contribution in [0.2, 0.25) is 0 Å². The number of morpholine rings is 1. The lowest BCUT2D eigenvalue weighted by Crippen LogP contribution is -2.48. The average Bonchev–Trinajstić information content (AvgIpc) is 2.98. The van der Waals surface area contributed by atoms with Crippen LogP contribution in [0.5, 0.6) is 0 Å². The van der Waals surface area contributed by atoms with Gasteiger partial charge in [0.1, 0.15) is 5.70 Å². The van der Waals surface area contributed by atoms with Gasteiger partial charge in [-0.2, -0.15) is 0 Å². The third-order valence-corrected chi connectivity index (χ3v) is 6.26. The zero-order valence-electron chi connectivity index (χ0n) is 18.5. The van der Waals surface area contributed by atoms with E-state index in [1.165, 1.54) is 11.8 Å². The molecule has 3 amide bonds. The van der Waals surface area contributed by atoms with Crippen molar-refractivity contribution in [2.45, 2.75) is 71.1 Å². The predicted octanol–water partition coefficient (Wildman–Crippen LogP) is 3.17. The molecule has 166 valence electrons. The van der Waals surface area contributed by atoms with Crippen molar-refractivity contribution in [3.05, 3.63) is 35.5 Å². The molecule has 0 aromatic heterocycles. The number of carbonyl (C=O) groups is 3. The number of ether oxygens (including phenoxy) is 1. The summed E-state index contributed by atoms with van der Waals surface area (Å²) in [6.45, 7) is 6.59. The van der Waals surface area contributed by atoms with E-state index in [0.29, 0.717) is 35.6 Å². The van der Waals surface area contributed by atoms with Crippen LogP contribution in [0.1, 0.15) is 58.4 Å². The Kier molecular flexibility index (Phi) is 6.14. The van der Waals surface area contributed by atoms with E-state index in [0.717, 1.165) is 32.1 Å². The van der Waals surface area contributed by atoms with Crippen molar-refractivity contribution in [2.24, 2.45) is 0 Å². The molecule has 2 unspecified atom stereocenters. The highest BCUT2D eigenvalue weighted by atomic mass is 16.5. The van der Waals surface area contributed by atoms with Crippen molar-refractivity contribution >= 4 is 29.0 Å². The van der Waals surface area contributed by atoms with Gasteiger partial charge in [0.05, 0.1) is 17.8 Å². The van der Waals surface area contributed by atoms with E-state index in [1.54, 1.807) is 12.1 Å². The van der Waals surface area contributed by atoms with E-state index in [4.69, 9.17) is 4.74 Å². The summed E-state index contributed by atoms with van der Waals surface area (Å²) in [5.41, 5.74) is 2.32. The maximum atomic E-state index is 13.6. The molecule has 1 N–H and O–H groups in total. The summed E-state index contributed by atoms with van der Waals surface area (Å²) in [6.07, 6.45) is 4.94. The smallest absolute Gasteiger partial charge is 0.278 e. The second kappa shape index (κ2) is 8.83. The van der Waals surface area contributed by atoms with Gasteiger partial charge in [-0.15, -0.1) is 0 Å². The van der Waals surface area contributed by atoms with Crippen molar-refractivity contribution in [1.29, 1.82) is 0 Å². The highest BCUT2D eigenvalue weighted by molar-refractivity contribution is 6.35. The quantitative estimate of drug-likeness (QED) is 0.750. The van der Waals surface area contributed by atoms with Crippen molar-refractivity contribution in [1.82, 2.24) is 9.80 Å². The van der Waals surface area contributed by atoms with E-state index in [1.807, 2.05) is 30.9 Å². The summed E-state index contributed by atoms with van der Waals surface area (Å²) in [7, 11) is 0. The Morgan fingerprint density at radius 2 is 1.58 bits per heavy atom. The number of benzene rings is 1. The van der Waals surface area contributed by atoms with Gasteiger partial charge in [0.15, 0.2) is 0 Å². The molecule has 4 rings (SSSR count). The van der Waals surface area contributed by atoms with Crippen LogP contribution in [0.4, 0.5) is 5.69 Å². The first-order chi connectivity index (χ1) is 14.8. The van der Waals surface area contributed by atoms with Gasteiger partial charge in [0.25, 0.3) is 11.8 Å². The molecule has 1 saturated carbocycles. The molecule has 7 heteroatoms. The van der Waals surface area contributed by atoms with Gasteiger partial charge < -0.3 is 15.0 Å². The molecule has 2 atom stereocenters. The van der Waals surface area contributed by atoms with Gasteiger partial charge in [-0.1, -0.05) is 31.4 Å². The number of rotatable bonds is 4. The minimum atomic E-state index is -0.203. The van der Waals surface area contributed by atoms with E-state index >= 15 is 0 Å². The molecule has 2 fully saturated rings. The number of anilines is 1. The number of nitrogens with zero attached hydrogens (tertiary/aromatic N) is 2. The highest BCUT2D eigenvalue weighted by Gasteiger charge is 2.45. The van der Waals surface area contributed by atoms with Gasteiger partial charge >= 0.3 is 0 Å². The fourth-order valence-electron chi connectivity index (χ4n) is 5.04. The predicted molar refractivity (Wildman–Crippen MR) is 118 cm³/mol. The zero-order valence-corrected chi connectivity index (χ0v) is 18.5. The molecule has 0 spiro atoms. The van der Waals surface area contributed by atoms with E-state index in [9.17, 15) is 14.4 Å². The second-order valence-corrected chi connectivity index (χ2v) is 8.92. The molecule has 31 heavy (non-hydrogen) atoms. The zero-order chi connectivity index (χ0) is 22.1. The van der Waals surface area contributed by atoms with E-state index in [-0.39, 0.29) is 36.0 Å². The highest BCUT2D eigenvalue weighted by Crippen LogP contribution is 2.37. The molecule has 1 aliphatic carbocycles. The van der Waals surface area contributed by atoms with Crippen LogP contribution >= 0.6 is 0 Å². The Balaban J connectivity index is 1.73. The normalized spacial score (nSPS) is 25.4. The first-order valence-corrected chi connectivity index (χ1v) is 11.3. The van der Waals surface area contributed by atoms with Crippen LogP contribution in [0, 0.1) is 0 Å². The molecule has 1 aromatic rings. The van der Waals surface area contributed by atoms with Crippen molar-refractivity contribution in [3.8, 4) is 0 Å². The van der Waals surface area contributed by atoms with Gasteiger partial charge in [-0.3, -0.25) is 19.3 Å². The Bertz CT molecular complexity index is 892. The maximum absolute atomic E-state index is 13.6. The molecule has 1 saturated heterocycles. The molecule has 3 aliphatic rings. The molecule has 2 heterocycles. The first-order valence-electron chi connectivity index (χ1n) is 11.3. The molecule has 2 aliphatic heterocycles. The monoisotopic (exact) mass is 425 g/mol. The van der Waals surface area contributed by atoms with E-state index in [2.05, 4.69) is 5.32 Å². The van der Waals surface area contributed by atoms with Crippen LogP contribution in [-0.2, 0) is 19.1 Å². The molecule has 7 nitrogen and oxygen atoms in total. The summed E-state index contributed by atoms with van der Waals surface area (Å²) < 4.78 is 5.86. The minimum Gasteiger partial charge on any atom is -0.372 e. The third-order valence-electron chi connectivity index (χ3n) is 6.26. The Hall–Kier alpha value is -2.67. The van der Waals surface area contributed by atoms with Crippen LogP contribution in [0.15, 0.2) is 30.0 Å². The Morgan fingerprint density at radius 3 is 2.16 bits per heavy atom. The Labute approximate surface area is 183 Å². The van der Waals surface area contributed by atoms with Gasteiger partial charge in [0.2, 0.25) is 5.91 Å². The molecular formula is C24H31N3O4. The van der Waals surface area contributed by atoms with Crippen LogP contribution in [0.3, 0.4) is 0 Å². The SMILES string of the molecule is CC(=O)Nc1ccc(C2=C(N3CC(C)OC(C)C3)C(=O)N(C3CCCCC3)C2=O)cc1. The van der Waals surface area contributed by atoms with Gasteiger partial charge in [-0.05, 0) is 44.4 Å². The van der Waals surface area contributed by atoms with Crippen LogP contribution in [0.25, 0.3) is 5.57 Å². The summed E-state index contributed by atoms with van der Waals surface area (Å²) in [6, 6.07) is 7.13. The number of amides is 3. The lowest BCUT2D eigenvalue weighted by molar-refractivity contribution is -0.141. The van der Waals surface area contributed by atoms with Gasteiger partial charge in [-0.25, -0.2) is 0 Å². The molecule has 1 aromatic carbocycles. The minimum absolute atomic E-state index is 0.0220. The summed E-state index contributed by atoms with van der Waals surface area (Å²) in [4.78, 5) is 42.1. The summed E-state index contributed by atoms with van der Waals surface area (Å²) in [5.74, 6) is -0.537. The van der Waals surface area contributed by atoms with Crippen molar-refractivity contribution in [2.75, 3.05) is 18.4 Å². The Morgan fingerprint density at radius 1 is 0.968 bits per heavy atom. The lowest BCUT2D eigenvalue weighted by Gasteiger charge is -2.37. The van der Waals surface area contributed by atoms with E-state index < -0.39 is 0 Å².